The average Bonchev–Trinajstić information content (AvgIpc) is 2.41. The number of anilines is 2. The van der Waals surface area contributed by atoms with E-state index in [1.54, 1.807) is 18.9 Å². The zero-order valence-electron chi connectivity index (χ0n) is 10.7. The number of rotatable bonds is 1. The maximum atomic E-state index is 5.44. The van der Waals surface area contributed by atoms with Gasteiger partial charge in [-0.1, -0.05) is 23.9 Å². The molecule has 0 amide bonds. The van der Waals surface area contributed by atoms with Crippen molar-refractivity contribution in [2.24, 2.45) is 0 Å². The first-order valence-electron chi connectivity index (χ1n) is 5.93. The van der Waals surface area contributed by atoms with Gasteiger partial charge >= 0.3 is 0 Å². The molecule has 3 rings (SSSR count). The molecule has 0 fully saturated rings. The summed E-state index contributed by atoms with van der Waals surface area (Å²) in [6.45, 7) is 4.24. The van der Waals surface area contributed by atoms with E-state index in [1.807, 2.05) is 0 Å². The van der Waals surface area contributed by atoms with Gasteiger partial charge in [-0.2, -0.15) is 0 Å². The first-order chi connectivity index (χ1) is 8.70. The van der Waals surface area contributed by atoms with Crippen LogP contribution in [0, 0.1) is 13.8 Å². The average molecular weight is 257 g/mol. The van der Waals surface area contributed by atoms with Gasteiger partial charge < -0.3 is 10.1 Å². The fourth-order valence-corrected chi connectivity index (χ4v) is 3.30. The number of methoxy groups -OCH3 is 1. The number of hydrogen-bond donors (Lipinski definition) is 1. The monoisotopic (exact) mass is 257 g/mol. The van der Waals surface area contributed by atoms with Gasteiger partial charge in [-0.05, 0) is 43.2 Å². The summed E-state index contributed by atoms with van der Waals surface area (Å²) in [4.78, 5) is 2.49. The maximum absolute atomic E-state index is 5.44. The Balaban J connectivity index is 2.16. The Labute approximate surface area is 111 Å². The molecule has 0 aromatic heterocycles. The predicted molar refractivity (Wildman–Crippen MR) is 76.3 cm³/mol. The Morgan fingerprint density at radius 1 is 1.06 bits per heavy atom. The van der Waals surface area contributed by atoms with Gasteiger partial charge in [0.2, 0.25) is 0 Å². The summed E-state index contributed by atoms with van der Waals surface area (Å²) in [5.74, 6) is 0.958. The molecule has 0 saturated carbocycles. The minimum absolute atomic E-state index is 0.958. The quantitative estimate of drug-likeness (QED) is 0.692. The highest BCUT2D eigenvalue weighted by molar-refractivity contribution is 7.99. The van der Waals surface area contributed by atoms with Crippen molar-refractivity contribution in [2.75, 3.05) is 12.4 Å². The molecule has 0 atom stereocenters. The third kappa shape index (κ3) is 1.66. The number of fused-ring (bicyclic) bond motifs is 2. The molecule has 1 heterocycles. The topological polar surface area (TPSA) is 21.3 Å². The largest absolute Gasteiger partial charge is 0.496 e. The number of para-hydroxylation sites is 1. The van der Waals surface area contributed by atoms with Crippen molar-refractivity contribution in [3.8, 4) is 5.75 Å². The van der Waals surface area contributed by atoms with E-state index in [0.29, 0.717) is 0 Å². The van der Waals surface area contributed by atoms with Gasteiger partial charge in [0.15, 0.2) is 0 Å². The fraction of sp³-hybridized carbons (Fsp3) is 0.200. The summed E-state index contributed by atoms with van der Waals surface area (Å²) in [6, 6.07) is 10.5. The summed E-state index contributed by atoms with van der Waals surface area (Å²) in [6.07, 6.45) is 0. The molecule has 2 aromatic rings. The zero-order chi connectivity index (χ0) is 12.7. The first kappa shape index (κ1) is 11.5. The number of benzene rings is 2. The molecule has 2 nitrogen and oxygen atoms in total. The summed E-state index contributed by atoms with van der Waals surface area (Å²) in [7, 11) is 1.73. The second-order valence-electron chi connectivity index (χ2n) is 4.43. The van der Waals surface area contributed by atoms with Gasteiger partial charge in [-0.15, -0.1) is 0 Å². The minimum atomic E-state index is 0.958. The molecule has 92 valence electrons. The van der Waals surface area contributed by atoms with Crippen molar-refractivity contribution in [1.82, 2.24) is 0 Å². The van der Waals surface area contributed by atoms with Crippen LogP contribution in [0.5, 0.6) is 5.75 Å². The van der Waals surface area contributed by atoms with Crippen molar-refractivity contribution >= 4 is 23.1 Å². The highest BCUT2D eigenvalue weighted by Crippen LogP contribution is 2.47. The molecule has 1 aliphatic heterocycles. The molecular formula is C15H15NOS. The highest BCUT2D eigenvalue weighted by atomic mass is 32.2. The Hall–Kier alpha value is -1.61. The highest BCUT2D eigenvalue weighted by Gasteiger charge is 2.20. The predicted octanol–water partition coefficient (Wildman–Crippen LogP) is 4.52. The number of nitrogens with one attached hydrogen (secondary N) is 1. The summed E-state index contributed by atoms with van der Waals surface area (Å²) >= 11 is 1.79. The molecular weight excluding hydrogens is 242 g/mol. The molecule has 0 radical (unpaired) electrons. The molecule has 0 aliphatic carbocycles. The summed E-state index contributed by atoms with van der Waals surface area (Å²) < 4.78 is 5.44. The van der Waals surface area contributed by atoms with E-state index in [0.717, 1.165) is 5.75 Å². The lowest BCUT2D eigenvalue weighted by Crippen LogP contribution is -2.04. The van der Waals surface area contributed by atoms with E-state index in [1.165, 1.54) is 32.3 Å². The van der Waals surface area contributed by atoms with Crippen molar-refractivity contribution in [3.05, 3.63) is 41.5 Å². The summed E-state index contributed by atoms with van der Waals surface area (Å²) in [5, 5.41) is 3.52. The van der Waals surface area contributed by atoms with Gasteiger partial charge in [0.1, 0.15) is 5.75 Å². The van der Waals surface area contributed by atoms with Crippen LogP contribution in [0.4, 0.5) is 11.4 Å². The maximum Gasteiger partial charge on any atom is 0.123 e. The SMILES string of the molecule is COc1cc2c(c(C)c1C)Nc1ccccc1S2. The van der Waals surface area contributed by atoms with Gasteiger partial charge in [0.05, 0.1) is 18.5 Å². The van der Waals surface area contributed by atoms with Crippen LogP contribution in [0.3, 0.4) is 0 Å². The van der Waals surface area contributed by atoms with Crippen LogP contribution in [0.2, 0.25) is 0 Å². The number of hydrogen-bond acceptors (Lipinski definition) is 3. The van der Waals surface area contributed by atoms with Crippen LogP contribution < -0.4 is 10.1 Å². The second kappa shape index (κ2) is 4.25. The minimum Gasteiger partial charge on any atom is -0.496 e. The normalized spacial score (nSPS) is 12.4. The molecule has 0 bridgehead atoms. The van der Waals surface area contributed by atoms with E-state index < -0.39 is 0 Å². The van der Waals surface area contributed by atoms with E-state index in [9.17, 15) is 0 Å². The Bertz CT molecular complexity index is 622. The molecule has 18 heavy (non-hydrogen) atoms. The van der Waals surface area contributed by atoms with Gasteiger partial charge in [-0.3, -0.25) is 0 Å². The zero-order valence-corrected chi connectivity index (χ0v) is 11.5. The van der Waals surface area contributed by atoms with E-state index >= 15 is 0 Å². The lowest BCUT2D eigenvalue weighted by molar-refractivity contribution is 0.410. The molecule has 2 aromatic carbocycles. The number of ether oxygens (including phenoxy) is 1. The lowest BCUT2D eigenvalue weighted by atomic mass is 10.1. The Morgan fingerprint density at radius 2 is 1.83 bits per heavy atom. The van der Waals surface area contributed by atoms with E-state index in [-0.39, 0.29) is 0 Å². The van der Waals surface area contributed by atoms with Gasteiger partial charge in [0.25, 0.3) is 0 Å². The van der Waals surface area contributed by atoms with Crippen LogP contribution in [-0.2, 0) is 0 Å². The van der Waals surface area contributed by atoms with E-state index in [2.05, 4.69) is 49.5 Å². The second-order valence-corrected chi connectivity index (χ2v) is 5.51. The van der Waals surface area contributed by atoms with Crippen LogP contribution >= 0.6 is 11.8 Å². The lowest BCUT2D eigenvalue weighted by Gasteiger charge is -2.24. The van der Waals surface area contributed by atoms with E-state index in [4.69, 9.17) is 4.74 Å². The van der Waals surface area contributed by atoms with Crippen molar-refractivity contribution in [2.45, 2.75) is 23.6 Å². The molecule has 3 heteroatoms. The Kier molecular flexibility index (Phi) is 2.71. The standard InChI is InChI=1S/C15H15NOS/c1-9-10(2)15-14(8-12(9)17-3)18-13-7-5-4-6-11(13)16-15/h4-8,16H,1-3H3. The van der Waals surface area contributed by atoms with Crippen molar-refractivity contribution in [1.29, 1.82) is 0 Å². The van der Waals surface area contributed by atoms with Gasteiger partial charge in [-0.25, -0.2) is 0 Å². The van der Waals surface area contributed by atoms with Crippen LogP contribution in [-0.4, -0.2) is 7.11 Å². The molecule has 1 aliphatic rings. The third-order valence-corrected chi connectivity index (χ3v) is 4.52. The molecule has 0 spiro atoms. The smallest absolute Gasteiger partial charge is 0.123 e. The molecule has 0 saturated heterocycles. The van der Waals surface area contributed by atoms with Crippen molar-refractivity contribution < 1.29 is 4.74 Å². The van der Waals surface area contributed by atoms with Crippen LogP contribution in [0.1, 0.15) is 11.1 Å². The Morgan fingerprint density at radius 3 is 2.61 bits per heavy atom. The van der Waals surface area contributed by atoms with Crippen LogP contribution in [0.15, 0.2) is 40.1 Å². The molecule has 1 N–H and O–H groups in total. The molecule has 0 unspecified atom stereocenters. The van der Waals surface area contributed by atoms with Crippen LogP contribution in [0.25, 0.3) is 0 Å². The summed E-state index contributed by atoms with van der Waals surface area (Å²) in [5.41, 5.74) is 4.84. The third-order valence-electron chi connectivity index (χ3n) is 3.40. The fourth-order valence-electron chi connectivity index (χ4n) is 2.22. The first-order valence-corrected chi connectivity index (χ1v) is 6.74. The van der Waals surface area contributed by atoms with Gasteiger partial charge in [0, 0.05) is 9.79 Å². The van der Waals surface area contributed by atoms with Crippen molar-refractivity contribution in [3.63, 3.8) is 0 Å².